The van der Waals surface area contributed by atoms with Crippen molar-refractivity contribution in [3.8, 4) is 11.5 Å². The maximum atomic E-state index is 14.3. The third-order valence-corrected chi connectivity index (χ3v) is 7.40. The minimum atomic E-state index is -3.22. The second-order valence-electron chi connectivity index (χ2n) is 8.78. The summed E-state index contributed by atoms with van der Waals surface area (Å²) in [5, 5.41) is 2.96. The predicted molar refractivity (Wildman–Crippen MR) is 130 cm³/mol. The molecule has 1 aromatic carbocycles. The molecule has 0 radical (unpaired) electrons. The number of sulfonamides is 1. The number of H-pyrrole nitrogens is 1. The van der Waals surface area contributed by atoms with E-state index < -0.39 is 21.3 Å². The van der Waals surface area contributed by atoms with Gasteiger partial charge in [0.2, 0.25) is 15.9 Å². The highest BCUT2D eigenvalue weighted by molar-refractivity contribution is 7.88. The van der Waals surface area contributed by atoms with E-state index in [9.17, 15) is 22.4 Å². The van der Waals surface area contributed by atoms with Crippen molar-refractivity contribution in [2.24, 2.45) is 5.92 Å². The molecule has 0 spiro atoms. The topological polar surface area (TPSA) is 109 Å². The number of amides is 1. The zero-order valence-electron chi connectivity index (χ0n) is 19.0. The number of carbonyl (C=O) groups excluding carboxylic acids is 1. The Hall–Kier alpha value is -2.14. The van der Waals surface area contributed by atoms with Crippen molar-refractivity contribution in [2.75, 3.05) is 24.7 Å². The van der Waals surface area contributed by atoms with Gasteiger partial charge in [-0.25, -0.2) is 17.1 Å². The van der Waals surface area contributed by atoms with Crippen LogP contribution in [0, 0.1) is 5.92 Å². The molecule has 0 saturated carbocycles. The van der Waals surface area contributed by atoms with Crippen LogP contribution < -0.4 is 15.6 Å². The first-order valence-corrected chi connectivity index (χ1v) is 13.2. The summed E-state index contributed by atoms with van der Waals surface area (Å²) in [6, 6.07) is 4.22. The van der Waals surface area contributed by atoms with Crippen molar-refractivity contribution in [3.63, 3.8) is 0 Å². The Labute approximate surface area is 207 Å². The van der Waals surface area contributed by atoms with Crippen LogP contribution in [0.5, 0.6) is 11.5 Å². The van der Waals surface area contributed by atoms with E-state index in [0.29, 0.717) is 31.6 Å². The maximum absolute atomic E-state index is 14.3. The van der Waals surface area contributed by atoms with Crippen molar-refractivity contribution < 1.29 is 22.3 Å². The van der Waals surface area contributed by atoms with E-state index in [2.05, 4.69) is 10.3 Å². The number of nitrogens with one attached hydrogen (secondary N) is 2. The highest BCUT2D eigenvalue weighted by Gasteiger charge is 2.27. The first kappa shape index (κ1) is 26.5. The second-order valence-corrected chi connectivity index (χ2v) is 11.6. The summed E-state index contributed by atoms with van der Waals surface area (Å²) in [4.78, 5) is 26.8. The predicted octanol–water partition coefficient (Wildman–Crippen LogP) is 4.68. The van der Waals surface area contributed by atoms with E-state index in [1.165, 1.54) is 48.8 Å². The van der Waals surface area contributed by atoms with Crippen LogP contribution in [-0.2, 0) is 20.5 Å². The third kappa shape index (κ3) is 6.71. The number of hydrogen-bond donors (Lipinski definition) is 2. The molecule has 3 rings (SSSR count). The van der Waals surface area contributed by atoms with Gasteiger partial charge >= 0.3 is 0 Å². The van der Waals surface area contributed by atoms with E-state index in [1.807, 2.05) is 0 Å². The van der Waals surface area contributed by atoms with E-state index in [4.69, 9.17) is 27.9 Å². The third-order valence-electron chi connectivity index (χ3n) is 5.54. The van der Waals surface area contributed by atoms with Crippen molar-refractivity contribution in [3.05, 3.63) is 50.4 Å². The Morgan fingerprint density at radius 2 is 1.82 bits per heavy atom. The number of hydrogen-bond acceptors (Lipinski definition) is 5. The molecule has 1 saturated heterocycles. The number of pyridine rings is 1. The summed E-state index contributed by atoms with van der Waals surface area (Å²) in [6.45, 7) is 3.31. The standard InChI is InChI=1S/C22H26Cl2FN3O5S/c1-22(2,25)16-11-15(12-26-21(16)30)33-20-17(23)9-14(10-18(20)24)27-19(29)8-13-4-6-28(7-5-13)34(3,31)32/h9-13H,4-8H2,1-3H3,(H,26,30)(H,27,29). The molecule has 1 aromatic heterocycles. The molecular weight excluding hydrogens is 508 g/mol. The van der Waals surface area contributed by atoms with Gasteiger partial charge in [-0.05, 0) is 50.8 Å². The smallest absolute Gasteiger partial charge is 0.254 e. The van der Waals surface area contributed by atoms with Crippen LogP contribution in [0.4, 0.5) is 10.1 Å². The lowest BCUT2D eigenvalue weighted by molar-refractivity contribution is -0.117. The summed E-state index contributed by atoms with van der Waals surface area (Å²) >= 11 is 12.6. The zero-order valence-corrected chi connectivity index (χ0v) is 21.3. The molecule has 1 aliphatic rings. The van der Waals surface area contributed by atoms with Gasteiger partial charge in [-0.1, -0.05) is 23.2 Å². The van der Waals surface area contributed by atoms with Crippen LogP contribution in [0.3, 0.4) is 0 Å². The van der Waals surface area contributed by atoms with Crippen LogP contribution >= 0.6 is 23.2 Å². The molecule has 1 amide bonds. The highest BCUT2D eigenvalue weighted by Crippen LogP contribution is 2.39. The fourth-order valence-electron chi connectivity index (χ4n) is 3.73. The van der Waals surface area contributed by atoms with Gasteiger partial charge in [-0.15, -0.1) is 0 Å². The minimum absolute atomic E-state index is 0.0701. The van der Waals surface area contributed by atoms with Gasteiger partial charge in [0.1, 0.15) is 11.4 Å². The van der Waals surface area contributed by atoms with Gasteiger partial charge in [0.15, 0.2) is 5.75 Å². The largest absolute Gasteiger partial charge is 0.453 e. The molecule has 2 N–H and O–H groups in total. The molecular formula is C22H26Cl2FN3O5S. The number of anilines is 1. The normalized spacial score (nSPS) is 15.8. The SMILES string of the molecule is CC(C)(F)c1cc(Oc2c(Cl)cc(NC(=O)CC3CCN(S(C)(=O)=O)CC3)cc2Cl)c[nH]c1=O. The number of carbonyl (C=O) groups is 1. The first-order valence-electron chi connectivity index (χ1n) is 10.6. The minimum Gasteiger partial charge on any atom is -0.453 e. The number of alkyl halides is 1. The number of aromatic nitrogens is 1. The molecule has 1 fully saturated rings. The van der Waals surface area contributed by atoms with Gasteiger partial charge in [0, 0.05) is 31.4 Å². The molecule has 1 aliphatic heterocycles. The van der Waals surface area contributed by atoms with Crippen LogP contribution in [-0.4, -0.2) is 43.0 Å². The van der Waals surface area contributed by atoms with Crippen LogP contribution in [0.15, 0.2) is 29.2 Å². The van der Waals surface area contributed by atoms with Gasteiger partial charge in [-0.2, -0.15) is 0 Å². The average Bonchev–Trinajstić information content (AvgIpc) is 2.70. The van der Waals surface area contributed by atoms with Crippen molar-refractivity contribution in [1.82, 2.24) is 9.29 Å². The Kier molecular flexibility index (Phi) is 7.96. The van der Waals surface area contributed by atoms with Gasteiger partial charge in [-0.3, -0.25) is 9.59 Å². The number of benzene rings is 1. The molecule has 0 aliphatic carbocycles. The zero-order chi connectivity index (χ0) is 25.3. The molecule has 186 valence electrons. The molecule has 0 atom stereocenters. The van der Waals surface area contributed by atoms with Gasteiger partial charge in [0.05, 0.1) is 21.9 Å². The average molecular weight is 534 g/mol. The number of ether oxygens (including phenoxy) is 1. The summed E-state index contributed by atoms with van der Waals surface area (Å²) < 4.78 is 44.6. The number of halogens is 3. The Morgan fingerprint density at radius 1 is 1.24 bits per heavy atom. The summed E-state index contributed by atoms with van der Waals surface area (Å²) in [5.41, 5.74) is -2.19. The molecule has 8 nitrogen and oxygen atoms in total. The summed E-state index contributed by atoms with van der Waals surface area (Å²) in [7, 11) is -3.22. The fourth-order valence-corrected chi connectivity index (χ4v) is 5.17. The van der Waals surface area contributed by atoms with E-state index in [1.54, 1.807) is 0 Å². The monoisotopic (exact) mass is 533 g/mol. The van der Waals surface area contributed by atoms with Crippen molar-refractivity contribution >= 4 is 44.8 Å². The lowest BCUT2D eigenvalue weighted by Crippen LogP contribution is -2.38. The van der Waals surface area contributed by atoms with E-state index >= 15 is 0 Å². The highest BCUT2D eigenvalue weighted by atomic mass is 35.5. The lowest BCUT2D eigenvalue weighted by Gasteiger charge is -2.29. The second kappa shape index (κ2) is 10.2. The van der Waals surface area contributed by atoms with Crippen molar-refractivity contribution in [1.29, 1.82) is 0 Å². The maximum Gasteiger partial charge on any atom is 0.254 e. The molecule has 2 aromatic rings. The van der Waals surface area contributed by atoms with E-state index in [-0.39, 0.29) is 45.4 Å². The summed E-state index contributed by atoms with van der Waals surface area (Å²) in [5.74, 6) is 0.0558. The molecule has 0 bridgehead atoms. The number of piperidine rings is 1. The number of aromatic amines is 1. The fraction of sp³-hybridized carbons (Fsp3) is 0.455. The molecule has 2 heterocycles. The van der Waals surface area contributed by atoms with Crippen molar-refractivity contribution in [2.45, 2.75) is 38.8 Å². The van der Waals surface area contributed by atoms with E-state index in [0.717, 1.165) is 0 Å². The summed E-state index contributed by atoms with van der Waals surface area (Å²) in [6.07, 6.45) is 3.90. The quantitative estimate of drug-likeness (QED) is 0.537. The molecule has 34 heavy (non-hydrogen) atoms. The molecule has 12 heteroatoms. The Balaban J connectivity index is 1.66. The Morgan fingerprint density at radius 3 is 2.35 bits per heavy atom. The van der Waals surface area contributed by atoms with Crippen LogP contribution in [0.1, 0.15) is 38.7 Å². The molecule has 0 unspecified atom stereocenters. The Bertz CT molecular complexity index is 1210. The first-order chi connectivity index (χ1) is 15.7. The van der Waals surface area contributed by atoms with Gasteiger partial charge in [0.25, 0.3) is 5.56 Å². The van der Waals surface area contributed by atoms with Crippen LogP contribution in [0.2, 0.25) is 10.0 Å². The number of rotatable bonds is 7. The van der Waals surface area contributed by atoms with Gasteiger partial charge < -0.3 is 15.0 Å². The van der Waals surface area contributed by atoms with Crippen LogP contribution in [0.25, 0.3) is 0 Å². The lowest BCUT2D eigenvalue weighted by atomic mass is 9.94. The number of nitrogens with zero attached hydrogens (tertiary/aromatic N) is 1.